The number of H-pyrrole nitrogens is 1. The number of thiophene rings is 1. The molecule has 0 radical (unpaired) electrons. The third-order valence-electron chi connectivity index (χ3n) is 5.30. The van der Waals surface area contributed by atoms with E-state index in [9.17, 15) is 4.79 Å². The fraction of sp³-hybridized carbons (Fsp3) is 0.190. The summed E-state index contributed by atoms with van der Waals surface area (Å²) in [6, 6.07) is 9.71. The first-order chi connectivity index (χ1) is 14.8. The third kappa shape index (κ3) is 2.85. The molecule has 0 bridgehead atoms. The molecule has 0 atom stereocenters. The number of aryl methyl sites for hydroxylation is 2. The smallest absolute Gasteiger partial charge is 0.262 e. The lowest BCUT2D eigenvalue weighted by Crippen LogP contribution is -2.12. The summed E-state index contributed by atoms with van der Waals surface area (Å²) in [6.07, 6.45) is 6.61. The van der Waals surface area contributed by atoms with Crippen LogP contribution in [0.1, 0.15) is 22.7 Å². The van der Waals surface area contributed by atoms with Crippen molar-refractivity contribution < 1.29 is 0 Å². The molecule has 148 valence electrons. The Morgan fingerprint density at radius 3 is 2.97 bits per heavy atom. The zero-order chi connectivity index (χ0) is 20.1. The van der Waals surface area contributed by atoms with E-state index in [1.807, 2.05) is 30.3 Å². The van der Waals surface area contributed by atoms with Crippen LogP contribution in [-0.4, -0.2) is 29.7 Å². The lowest BCUT2D eigenvalue weighted by Gasteiger charge is -2.06. The standard InChI is InChI=1S/C21H16N6OS2/c28-19-14-9-24-27(12-5-2-1-3-6-12)18(14)25-16(26-19)10-29-20-17-13-7-4-8-15(13)30-21(17)23-11-22-20/h1-3,5-6,9,11H,4,7-8,10H2,(H,25,26,28). The molecule has 5 aromatic rings. The summed E-state index contributed by atoms with van der Waals surface area (Å²) in [7, 11) is 0. The van der Waals surface area contributed by atoms with E-state index in [0.29, 0.717) is 22.6 Å². The van der Waals surface area contributed by atoms with Gasteiger partial charge in [0.25, 0.3) is 5.56 Å². The molecule has 0 unspecified atom stereocenters. The molecule has 0 spiro atoms. The number of rotatable bonds is 4. The van der Waals surface area contributed by atoms with Crippen LogP contribution in [0.5, 0.6) is 0 Å². The summed E-state index contributed by atoms with van der Waals surface area (Å²) in [6.45, 7) is 0. The van der Waals surface area contributed by atoms with Gasteiger partial charge < -0.3 is 4.98 Å². The molecule has 1 aliphatic rings. The van der Waals surface area contributed by atoms with Crippen molar-refractivity contribution in [2.75, 3.05) is 0 Å². The van der Waals surface area contributed by atoms with Crippen LogP contribution in [-0.2, 0) is 18.6 Å². The van der Waals surface area contributed by atoms with Crippen molar-refractivity contribution >= 4 is 44.3 Å². The highest BCUT2D eigenvalue weighted by Crippen LogP contribution is 2.40. The lowest BCUT2D eigenvalue weighted by molar-refractivity contribution is 0.886. The van der Waals surface area contributed by atoms with Gasteiger partial charge in [0.05, 0.1) is 17.6 Å². The van der Waals surface area contributed by atoms with E-state index in [-0.39, 0.29) is 5.56 Å². The highest BCUT2D eigenvalue weighted by molar-refractivity contribution is 7.98. The van der Waals surface area contributed by atoms with E-state index in [1.54, 1.807) is 40.3 Å². The van der Waals surface area contributed by atoms with E-state index in [0.717, 1.165) is 28.4 Å². The van der Waals surface area contributed by atoms with Gasteiger partial charge in [0.15, 0.2) is 5.65 Å². The Labute approximate surface area is 179 Å². The van der Waals surface area contributed by atoms with Gasteiger partial charge in [-0.1, -0.05) is 30.0 Å². The predicted molar refractivity (Wildman–Crippen MR) is 118 cm³/mol. The van der Waals surface area contributed by atoms with Gasteiger partial charge in [0.2, 0.25) is 0 Å². The molecule has 0 aliphatic heterocycles. The first-order valence-electron chi connectivity index (χ1n) is 9.68. The van der Waals surface area contributed by atoms with Crippen LogP contribution >= 0.6 is 23.1 Å². The third-order valence-corrected chi connectivity index (χ3v) is 7.50. The summed E-state index contributed by atoms with van der Waals surface area (Å²) >= 11 is 3.37. The molecule has 1 aromatic carbocycles. The molecule has 0 fully saturated rings. The molecule has 0 saturated heterocycles. The van der Waals surface area contributed by atoms with Crippen molar-refractivity contribution in [3.63, 3.8) is 0 Å². The minimum atomic E-state index is -0.179. The normalized spacial score (nSPS) is 13.3. The zero-order valence-electron chi connectivity index (χ0n) is 15.8. The maximum absolute atomic E-state index is 12.6. The molecule has 7 nitrogen and oxygen atoms in total. The first kappa shape index (κ1) is 17.8. The molecule has 30 heavy (non-hydrogen) atoms. The van der Waals surface area contributed by atoms with Crippen molar-refractivity contribution in [1.82, 2.24) is 29.7 Å². The summed E-state index contributed by atoms with van der Waals surface area (Å²) in [4.78, 5) is 31.7. The number of para-hydroxylation sites is 1. The number of hydrogen-bond acceptors (Lipinski definition) is 7. The summed E-state index contributed by atoms with van der Waals surface area (Å²) in [5.41, 5.74) is 2.65. The fourth-order valence-corrected chi connectivity index (χ4v) is 6.13. The van der Waals surface area contributed by atoms with Crippen molar-refractivity contribution in [2.45, 2.75) is 30.0 Å². The van der Waals surface area contributed by atoms with Crippen molar-refractivity contribution in [2.24, 2.45) is 0 Å². The summed E-state index contributed by atoms with van der Waals surface area (Å²) in [5.74, 6) is 1.12. The summed E-state index contributed by atoms with van der Waals surface area (Å²) in [5, 5.41) is 6.98. The Balaban J connectivity index is 1.38. The monoisotopic (exact) mass is 432 g/mol. The number of nitrogens with zero attached hydrogens (tertiary/aromatic N) is 5. The highest BCUT2D eigenvalue weighted by atomic mass is 32.2. The minimum Gasteiger partial charge on any atom is -0.309 e. The van der Waals surface area contributed by atoms with Crippen LogP contribution in [0, 0.1) is 0 Å². The van der Waals surface area contributed by atoms with Crippen molar-refractivity contribution in [3.8, 4) is 5.69 Å². The second-order valence-electron chi connectivity index (χ2n) is 7.15. The van der Waals surface area contributed by atoms with E-state index in [1.165, 1.54) is 22.2 Å². The molecule has 0 amide bonds. The van der Waals surface area contributed by atoms with E-state index < -0.39 is 0 Å². The van der Waals surface area contributed by atoms with Gasteiger partial charge in [-0.05, 0) is 37.0 Å². The van der Waals surface area contributed by atoms with Gasteiger partial charge in [0.1, 0.15) is 27.4 Å². The maximum Gasteiger partial charge on any atom is 0.262 e. The van der Waals surface area contributed by atoms with Gasteiger partial charge in [0, 0.05) is 10.3 Å². The molecule has 9 heteroatoms. The van der Waals surface area contributed by atoms with Crippen LogP contribution in [0.4, 0.5) is 0 Å². The molecular weight excluding hydrogens is 416 g/mol. The number of aromatic nitrogens is 6. The van der Waals surface area contributed by atoms with Gasteiger partial charge >= 0.3 is 0 Å². The first-order valence-corrected chi connectivity index (χ1v) is 11.5. The highest BCUT2D eigenvalue weighted by Gasteiger charge is 2.21. The Morgan fingerprint density at radius 1 is 1.17 bits per heavy atom. The topological polar surface area (TPSA) is 89.3 Å². The van der Waals surface area contributed by atoms with Gasteiger partial charge in [-0.15, -0.1) is 11.3 Å². The average molecular weight is 433 g/mol. The van der Waals surface area contributed by atoms with Gasteiger partial charge in [-0.2, -0.15) is 5.10 Å². The Kier molecular flexibility index (Phi) is 4.17. The SMILES string of the molecule is O=c1[nH]c(CSc2ncnc3sc4c(c23)CCC4)nc2c1cnn2-c1ccccc1. The molecule has 1 N–H and O–H groups in total. The quantitative estimate of drug-likeness (QED) is 0.342. The Hall–Kier alpha value is -3.04. The van der Waals surface area contributed by atoms with Crippen LogP contribution < -0.4 is 5.56 Å². The lowest BCUT2D eigenvalue weighted by atomic mass is 10.2. The van der Waals surface area contributed by atoms with E-state index in [4.69, 9.17) is 4.98 Å². The molecule has 4 aromatic heterocycles. The number of hydrogen-bond donors (Lipinski definition) is 1. The van der Waals surface area contributed by atoms with Crippen molar-refractivity contribution in [1.29, 1.82) is 0 Å². The molecule has 0 saturated carbocycles. The predicted octanol–water partition coefficient (Wildman–Crippen LogP) is 3.89. The maximum atomic E-state index is 12.6. The van der Waals surface area contributed by atoms with E-state index >= 15 is 0 Å². The van der Waals surface area contributed by atoms with Gasteiger partial charge in [-0.3, -0.25) is 4.79 Å². The van der Waals surface area contributed by atoms with Crippen LogP contribution in [0.3, 0.4) is 0 Å². The number of aromatic amines is 1. The average Bonchev–Trinajstić information content (AvgIpc) is 3.47. The number of benzene rings is 1. The van der Waals surface area contributed by atoms with Gasteiger partial charge in [-0.25, -0.2) is 19.6 Å². The Morgan fingerprint density at radius 2 is 2.07 bits per heavy atom. The zero-order valence-corrected chi connectivity index (χ0v) is 17.5. The molecule has 1 aliphatic carbocycles. The van der Waals surface area contributed by atoms with Crippen LogP contribution in [0.2, 0.25) is 0 Å². The second-order valence-corrected chi connectivity index (χ2v) is 9.19. The number of fused-ring (bicyclic) bond motifs is 4. The molecule has 6 rings (SSSR count). The van der Waals surface area contributed by atoms with Crippen LogP contribution in [0.25, 0.3) is 26.9 Å². The minimum absolute atomic E-state index is 0.179. The molecule has 4 heterocycles. The number of nitrogens with one attached hydrogen (secondary N) is 1. The molecular formula is C21H16N6OS2. The van der Waals surface area contributed by atoms with Crippen molar-refractivity contribution in [3.05, 3.63) is 69.5 Å². The summed E-state index contributed by atoms with van der Waals surface area (Å²) < 4.78 is 1.70. The number of thioether (sulfide) groups is 1. The second kappa shape index (κ2) is 7.03. The fourth-order valence-electron chi connectivity index (χ4n) is 3.94. The van der Waals surface area contributed by atoms with Crippen LogP contribution in [0.15, 0.2) is 52.7 Å². The van der Waals surface area contributed by atoms with E-state index in [2.05, 4.69) is 20.1 Å². The Bertz CT molecular complexity index is 1450. The largest absolute Gasteiger partial charge is 0.309 e.